The fourth-order valence-electron chi connectivity index (χ4n) is 6.91. The van der Waals surface area contributed by atoms with Crippen LogP contribution in [0.5, 0.6) is 0 Å². The Morgan fingerprint density at radius 3 is 2.38 bits per heavy atom. The van der Waals surface area contributed by atoms with Gasteiger partial charge in [-0.1, -0.05) is 43.2 Å². The number of hydrogen-bond donors (Lipinski definition) is 1. The maximum atomic E-state index is 14.4. The Hall–Kier alpha value is -2.97. The highest BCUT2D eigenvalue weighted by Gasteiger charge is 2.75. The molecule has 3 fully saturated rings. The van der Waals surface area contributed by atoms with Crippen LogP contribution in [-0.4, -0.2) is 82.2 Å². The number of nitrogens with zero attached hydrogens (tertiary/aromatic N) is 3. The smallest absolute Gasteiger partial charge is 0.249 e. The Morgan fingerprint density at radius 1 is 1.07 bits per heavy atom. The third kappa shape index (κ3) is 5.36. The van der Waals surface area contributed by atoms with E-state index in [0.29, 0.717) is 45.3 Å². The van der Waals surface area contributed by atoms with Crippen LogP contribution < -0.4 is 4.90 Å². The van der Waals surface area contributed by atoms with Crippen LogP contribution in [0, 0.1) is 11.8 Å². The summed E-state index contributed by atoms with van der Waals surface area (Å²) < 4.78 is 6.66. The number of amides is 3. The lowest BCUT2D eigenvalue weighted by molar-refractivity contribution is -0.151. The third-order valence-electron chi connectivity index (χ3n) is 8.66. The minimum absolute atomic E-state index is 0.138. The van der Waals surface area contributed by atoms with Gasteiger partial charge in [0, 0.05) is 37.5 Å². The highest BCUT2D eigenvalue weighted by molar-refractivity contribution is 6.03. The number of para-hydroxylation sites is 1. The number of anilines is 1. The van der Waals surface area contributed by atoms with Crippen molar-refractivity contribution in [1.82, 2.24) is 9.80 Å². The van der Waals surface area contributed by atoms with Gasteiger partial charge in [-0.05, 0) is 58.6 Å². The lowest BCUT2D eigenvalue weighted by Crippen LogP contribution is -2.60. The van der Waals surface area contributed by atoms with Gasteiger partial charge in [0.25, 0.3) is 0 Å². The van der Waals surface area contributed by atoms with Gasteiger partial charge in [0.2, 0.25) is 17.7 Å². The largest absolute Gasteiger partial charge is 0.396 e. The minimum Gasteiger partial charge on any atom is -0.396 e. The highest BCUT2D eigenvalue weighted by Crippen LogP contribution is 2.59. The van der Waals surface area contributed by atoms with E-state index in [1.165, 1.54) is 0 Å². The van der Waals surface area contributed by atoms with Gasteiger partial charge in [-0.25, -0.2) is 0 Å². The summed E-state index contributed by atoms with van der Waals surface area (Å²) in [6.45, 7) is 14.9. The van der Waals surface area contributed by atoms with Crippen molar-refractivity contribution in [1.29, 1.82) is 0 Å². The molecule has 1 aromatic carbocycles. The molecule has 218 valence electrons. The maximum absolute atomic E-state index is 14.4. The zero-order valence-corrected chi connectivity index (χ0v) is 24.3. The zero-order chi connectivity index (χ0) is 29.1. The van der Waals surface area contributed by atoms with Gasteiger partial charge in [-0.2, -0.15) is 0 Å². The fraction of sp³-hybridized carbons (Fsp3) is 0.594. The molecule has 0 saturated carbocycles. The molecule has 40 heavy (non-hydrogen) atoms. The molecule has 3 saturated heterocycles. The molecule has 3 heterocycles. The van der Waals surface area contributed by atoms with Gasteiger partial charge in [0.15, 0.2) is 0 Å². The van der Waals surface area contributed by atoms with Crippen LogP contribution in [0.1, 0.15) is 59.3 Å². The summed E-state index contributed by atoms with van der Waals surface area (Å²) in [4.78, 5) is 48.1. The summed E-state index contributed by atoms with van der Waals surface area (Å²) in [5, 5.41) is 9.17. The Labute approximate surface area is 238 Å². The second kappa shape index (κ2) is 12.3. The standard InChI is InChI=1S/C32H45N3O5/c1-6-19-33(23-15-11-10-12-16-23)28(37)25-24-17-18-32(40-24)26(25)29(38)34(21-13-8-9-14-22-36)27(32)30(39)35(20-7-2)31(3,4)5/h6-7,10-12,15-16,24-27,36H,1-2,8-9,13-14,17-22H2,3-5H3/t24-,25+,26+,27?,32?/m1/s1. The molecule has 8 heteroatoms. The van der Waals surface area contributed by atoms with Crippen molar-refractivity contribution < 1.29 is 24.2 Å². The minimum atomic E-state index is -1.04. The molecule has 2 bridgehead atoms. The molecule has 2 unspecified atom stereocenters. The zero-order valence-electron chi connectivity index (χ0n) is 24.3. The van der Waals surface area contributed by atoms with Crippen LogP contribution >= 0.6 is 0 Å². The summed E-state index contributed by atoms with van der Waals surface area (Å²) >= 11 is 0. The predicted octanol–water partition coefficient (Wildman–Crippen LogP) is 3.95. The van der Waals surface area contributed by atoms with Crippen LogP contribution in [0.2, 0.25) is 0 Å². The van der Waals surface area contributed by atoms with Crippen LogP contribution in [0.3, 0.4) is 0 Å². The molecule has 3 aliphatic rings. The second-order valence-electron chi connectivity index (χ2n) is 12.2. The van der Waals surface area contributed by atoms with E-state index in [2.05, 4.69) is 13.2 Å². The van der Waals surface area contributed by atoms with E-state index in [9.17, 15) is 14.4 Å². The van der Waals surface area contributed by atoms with Crippen molar-refractivity contribution in [2.24, 2.45) is 11.8 Å². The number of carbonyl (C=O) groups is 3. The molecule has 3 amide bonds. The molecule has 4 rings (SSSR count). The maximum Gasteiger partial charge on any atom is 0.249 e. The van der Waals surface area contributed by atoms with E-state index in [4.69, 9.17) is 9.84 Å². The lowest BCUT2D eigenvalue weighted by atomic mass is 9.70. The molecule has 5 atom stereocenters. The lowest BCUT2D eigenvalue weighted by Gasteiger charge is -2.42. The SMILES string of the molecule is C=CCN(C(=O)[C@@H]1[C@H]2C(=O)N(CCCCCCO)C(C(=O)N(CC=C)C(C)(C)C)C23CC[C@H]1O3)c1ccccc1. The van der Waals surface area contributed by atoms with Crippen LogP contribution in [-0.2, 0) is 19.1 Å². The Morgan fingerprint density at radius 2 is 1.75 bits per heavy atom. The molecule has 1 spiro atoms. The van der Waals surface area contributed by atoms with Gasteiger partial charge in [-0.3, -0.25) is 14.4 Å². The van der Waals surface area contributed by atoms with E-state index in [1.54, 1.807) is 26.9 Å². The number of fused-ring (bicyclic) bond motifs is 1. The topological polar surface area (TPSA) is 90.4 Å². The quantitative estimate of drug-likeness (QED) is 0.296. The predicted molar refractivity (Wildman–Crippen MR) is 156 cm³/mol. The van der Waals surface area contributed by atoms with E-state index < -0.39 is 35.1 Å². The van der Waals surface area contributed by atoms with Crippen molar-refractivity contribution in [3.05, 3.63) is 55.6 Å². The van der Waals surface area contributed by atoms with E-state index >= 15 is 0 Å². The Kier molecular flexibility index (Phi) is 9.20. The van der Waals surface area contributed by atoms with Crippen molar-refractivity contribution in [2.75, 3.05) is 31.1 Å². The first kappa shape index (κ1) is 30.0. The number of likely N-dealkylation sites (tertiary alicyclic amines) is 1. The average Bonchev–Trinajstić information content (AvgIpc) is 3.57. The summed E-state index contributed by atoms with van der Waals surface area (Å²) in [5.74, 6) is -1.87. The molecule has 0 aromatic heterocycles. The molecule has 0 aliphatic carbocycles. The van der Waals surface area contributed by atoms with Crippen LogP contribution in [0.4, 0.5) is 5.69 Å². The summed E-state index contributed by atoms with van der Waals surface area (Å²) in [7, 11) is 0. The Balaban J connectivity index is 1.71. The summed E-state index contributed by atoms with van der Waals surface area (Å²) in [6, 6.07) is 8.62. The summed E-state index contributed by atoms with van der Waals surface area (Å²) in [5.41, 5.74) is -0.783. The second-order valence-corrected chi connectivity index (χ2v) is 12.2. The first-order valence-corrected chi connectivity index (χ1v) is 14.6. The third-order valence-corrected chi connectivity index (χ3v) is 8.66. The monoisotopic (exact) mass is 551 g/mol. The van der Waals surface area contributed by atoms with Crippen molar-refractivity contribution >= 4 is 23.4 Å². The first-order valence-electron chi connectivity index (χ1n) is 14.6. The van der Waals surface area contributed by atoms with Crippen molar-refractivity contribution in [3.8, 4) is 0 Å². The van der Waals surface area contributed by atoms with E-state index in [1.807, 2.05) is 51.1 Å². The fourth-order valence-corrected chi connectivity index (χ4v) is 6.91. The van der Waals surface area contributed by atoms with Gasteiger partial charge in [0.05, 0.1) is 17.9 Å². The number of unbranched alkanes of at least 4 members (excludes halogenated alkanes) is 3. The van der Waals surface area contributed by atoms with Gasteiger partial charge in [0.1, 0.15) is 11.6 Å². The number of rotatable bonds is 13. The number of aliphatic hydroxyl groups excluding tert-OH is 1. The number of hydrogen-bond acceptors (Lipinski definition) is 5. The molecule has 1 N–H and O–H groups in total. The number of carbonyl (C=O) groups excluding carboxylic acids is 3. The highest BCUT2D eigenvalue weighted by atomic mass is 16.5. The van der Waals surface area contributed by atoms with Gasteiger partial charge in [-0.15, -0.1) is 13.2 Å². The molecule has 1 aromatic rings. The van der Waals surface area contributed by atoms with Crippen LogP contribution in [0.15, 0.2) is 55.6 Å². The normalized spacial score (nSPS) is 27.0. The summed E-state index contributed by atoms with van der Waals surface area (Å²) in [6.07, 6.45) is 7.28. The first-order chi connectivity index (χ1) is 19.1. The molecule has 0 radical (unpaired) electrons. The van der Waals surface area contributed by atoms with Crippen molar-refractivity contribution in [2.45, 2.75) is 82.6 Å². The van der Waals surface area contributed by atoms with E-state index in [0.717, 1.165) is 18.5 Å². The number of benzene rings is 1. The van der Waals surface area contributed by atoms with Gasteiger partial charge >= 0.3 is 0 Å². The van der Waals surface area contributed by atoms with Gasteiger partial charge < -0.3 is 24.5 Å². The number of ether oxygens (including phenoxy) is 1. The number of aliphatic hydroxyl groups is 1. The molecule has 8 nitrogen and oxygen atoms in total. The molecular formula is C32H45N3O5. The van der Waals surface area contributed by atoms with Crippen LogP contribution in [0.25, 0.3) is 0 Å². The average molecular weight is 552 g/mol. The van der Waals surface area contributed by atoms with Crippen molar-refractivity contribution in [3.63, 3.8) is 0 Å². The Bertz CT molecular complexity index is 1100. The molecular weight excluding hydrogens is 506 g/mol. The van der Waals surface area contributed by atoms with E-state index in [-0.39, 0.29) is 24.3 Å². The molecule has 3 aliphatic heterocycles.